The number of unbranched alkanes of at least 4 members (excludes halogenated alkanes) is 13. The zero-order valence-corrected chi connectivity index (χ0v) is 25.9. The van der Waals surface area contributed by atoms with Crippen LogP contribution in [0.3, 0.4) is 0 Å². The molecule has 0 radical (unpaired) electrons. The molecule has 0 saturated heterocycles. The molecule has 0 bridgehead atoms. The van der Waals surface area contributed by atoms with E-state index >= 15 is 0 Å². The van der Waals surface area contributed by atoms with Crippen molar-refractivity contribution in [2.75, 3.05) is 13.2 Å². The maximum absolute atomic E-state index is 12.1. The van der Waals surface area contributed by atoms with Crippen LogP contribution in [0.5, 0.6) is 0 Å². The van der Waals surface area contributed by atoms with Crippen LogP contribution in [-0.2, 0) is 23.1 Å². The molecule has 0 aromatic heterocycles. The number of esters is 1. The molecule has 7 N–H and O–H groups in total. The summed E-state index contributed by atoms with van der Waals surface area (Å²) in [6.07, 6.45) is 9.15. The van der Waals surface area contributed by atoms with Gasteiger partial charge in [-0.2, -0.15) is 0 Å². The molecule has 0 aromatic rings. The Morgan fingerprint density at radius 2 is 1.17 bits per heavy atom. The van der Waals surface area contributed by atoms with E-state index in [0.29, 0.717) is 6.42 Å². The highest BCUT2D eigenvalue weighted by molar-refractivity contribution is 7.47. The molecule has 6 atom stereocenters. The molecule has 0 spiro atoms. The van der Waals surface area contributed by atoms with E-state index < -0.39 is 69.7 Å². The Bertz CT molecular complexity index is 766. The van der Waals surface area contributed by atoms with E-state index in [0.717, 1.165) is 25.7 Å². The van der Waals surface area contributed by atoms with Crippen molar-refractivity contribution in [3.63, 3.8) is 0 Å². The number of hydrogen-bond donors (Lipinski definition) is 7. The van der Waals surface area contributed by atoms with Gasteiger partial charge >= 0.3 is 13.8 Å². The molecular weight excluding hydrogens is 571 g/mol. The number of carbonyl (C=O) groups excluding carboxylic acids is 1. The van der Waals surface area contributed by atoms with Gasteiger partial charge in [0.1, 0.15) is 49.3 Å². The molecule has 1 aliphatic rings. The minimum atomic E-state index is -4.99. The largest absolute Gasteiger partial charge is 0.472 e. The van der Waals surface area contributed by atoms with Gasteiger partial charge in [0.2, 0.25) is 0 Å². The second-order valence-electron chi connectivity index (χ2n) is 11.2. The van der Waals surface area contributed by atoms with Gasteiger partial charge in [0.05, 0.1) is 6.61 Å². The predicted molar refractivity (Wildman–Crippen MR) is 156 cm³/mol. The molecule has 1 aliphatic carbocycles. The summed E-state index contributed by atoms with van der Waals surface area (Å²) in [5.74, 6) is -0.514. The summed E-state index contributed by atoms with van der Waals surface area (Å²) in [6, 6.07) is 0. The molecule has 248 valence electrons. The van der Waals surface area contributed by atoms with E-state index in [4.69, 9.17) is 4.74 Å². The van der Waals surface area contributed by atoms with Crippen LogP contribution in [0.4, 0.5) is 0 Å². The maximum atomic E-state index is 12.1. The van der Waals surface area contributed by atoms with Gasteiger partial charge in [0.25, 0.3) is 0 Å². The Balaban J connectivity index is 2.04. The zero-order chi connectivity index (χ0) is 31.4. The lowest BCUT2D eigenvalue weighted by atomic mass is 9.85. The molecule has 0 aliphatic heterocycles. The number of ether oxygens (including phenoxy) is 1. The van der Waals surface area contributed by atoms with Crippen LogP contribution >= 0.6 is 7.82 Å². The summed E-state index contributed by atoms with van der Waals surface area (Å²) < 4.78 is 26.4. The molecule has 0 amide bonds. The van der Waals surface area contributed by atoms with E-state index in [-0.39, 0.29) is 6.42 Å². The van der Waals surface area contributed by atoms with Gasteiger partial charge in [-0.1, -0.05) is 83.3 Å². The lowest BCUT2D eigenvalue weighted by molar-refractivity contribution is -0.220. The van der Waals surface area contributed by atoms with Gasteiger partial charge in [-0.3, -0.25) is 13.8 Å². The highest BCUT2D eigenvalue weighted by Crippen LogP contribution is 2.47. The van der Waals surface area contributed by atoms with Gasteiger partial charge in [0, 0.05) is 6.42 Å². The number of aliphatic hydroxyl groups is 6. The Morgan fingerprint density at radius 1 is 0.714 bits per heavy atom. The second kappa shape index (κ2) is 22.6. The predicted octanol–water partition coefficient (Wildman–Crippen LogP) is 3.03. The van der Waals surface area contributed by atoms with E-state index in [2.05, 4.69) is 28.1 Å². The monoisotopic (exact) mass is 626 g/mol. The lowest BCUT2D eigenvalue weighted by Crippen LogP contribution is -2.64. The summed E-state index contributed by atoms with van der Waals surface area (Å²) in [5.41, 5.74) is 0. The first kappa shape index (κ1) is 39.1. The Morgan fingerprint density at radius 3 is 1.69 bits per heavy atom. The van der Waals surface area contributed by atoms with Crippen LogP contribution in [0, 0.1) is 0 Å². The van der Waals surface area contributed by atoms with E-state index in [1.165, 1.54) is 64.2 Å². The number of phosphoric ester groups is 1. The van der Waals surface area contributed by atoms with Crippen LogP contribution in [0.15, 0.2) is 12.2 Å². The van der Waals surface area contributed by atoms with E-state index in [1.54, 1.807) is 0 Å². The Kier molecular flexibility index (Phi) is 21.0. The number of aliphatic hydroxyl groups excluding tert-OH is 6. The fourth-order valence-corrected chi connectivity index (χ4v) is 5.67. The minimum Gasteiger partial charge on any atom is -0.463 e. The van der Waals surface area contributed by atoms with Crippen molar-refractivity contribution in [1.82, 2.24) is 0 Å². The van der Waals surface area contributed by atoms with Gasteiger partial charge in [-0.05, 0) is 32.1 Å². The second-order valence-corrected chi connectivity index (χ2v) is 12.6. The van der Waals surface area contributed by atoms with Gasteiger partial charge in [-0.15, -0.1) is 0 Å². The molecule has 0 heterocycles. The molecule has 6 unspecified atom stereocenters. The van der Waals surface area contributed by atoms with Crippen molar-refractivity contribution in [3.8, 4) is 0 Å². The Labute approximate surface area is 250 Å². The normalized spacial score (nSPS) is 26.8. The molecular formula is C29H55O12P. The van der Waals surface area contributed by atoms with Gasteiger partial charge in [-0.25, -0.2) is 4.57 Å². The van der Waals surface area contributed by atoms with E-state index in [9.17, 15) is 44.9 Å². The Hall–Kier alpha value is -0.920. The summed E-state index contributed by atoms with van der Waals surface area (Å²) in [6.45, 7) is 0.980. The molecule has 42 heavy (non-hydrogen) atoms. The summed E-state index contributed by atoms with van der Waals surface area (Å²) in [4.78, 5) is 21.7. The third kappa shape index (κ3) is 16.8. The average molecular weight is 627 g/mol. The first-order chi connectivity index (χ1) is 20.0. The van der Waals surface area contributed by atoms with Gasteiger partial charge < -0.3 is 40.3 Å². The fraction of sp³-hybridized carbons (Fsp3) is 0.897. The summed E-state index contributed by atoms with van der Waals surface area (Å²) in [7, 11) is -4.99. The molecule has 1 fully saturated rings. The molecule has 12 nitrogen and oxygen atoms in total. The van der Waals surface area contributed by atoms with Crippen molar-refractivity contribution < 1.29 is 58.7 Å². The smallest absolute Gasteiger partial charge is 0.463 e. The number of rotatable bonds is 24. The zero-order valence-electron chi connectivity index (χ0n) is 25.0. The van der Waals surface area contributed by atoms with Crippen molar-refractivity contribution in [3.05, 3.63) is 12.2 Å². The first-order valence-electron chi connectivity index (χ1n) is 15.5. The van der Waals surface area contributed by atoms with Crippen molar-refractivity contribution in [2.45, 2.75) is 152 Å². The van der Waals surface area contributed by atoms with Gasteiger partial charge in [0.15, 0.2) is 0 Å². The SMILES string of the molecule is CCCCCCCC/C=C\CCCCCCCCCC(=O)OCC(O)COP(=O)(O)OC1C(O)C(O)C(O)C(O)C1O. The minimum absolute atomic E-state index is 0.187. The third-order valence-electron chi connectivity index (χ3n) is 7.34. The van der Waals surface area contributed by atoms with Crippen LogP contribution in [0.25, 0.3) is 0 Å². The number of carbonyl (C=O) groups is 1. The van der Waals surface area contributed by atoms with E-state index in [1.807, 2.05) is 0 Å². The molecule has 1 rings (SSSR count). The highest BCUT2D eigenvalue weighted by Gasteiger charge is 2.51. The fourth-order valence-electron chi connectivity index (χ4n) is 4.69. The molecule has 13 heteroatoms. The quantitative estimate of drug-likeness (QED) is 0.0358. The van der Waals surface area contributed by atoms with Crippen molar-refractivity contribution in [2.24, 2.45) is 0 Å². The van der Waals surface area contributed by atoms with Crippen LogP contribution in [0.2, 0.25) is 0 Å². The molecule has 1 saturated carbocycles. The number of phosphoric acid groups is 1. The summed E-state index contributed by atoms with van der Waals surface area (Å²) in [5, 5.41) is 58.6. The average Bonchev–Trinajstić information content (AvgIpc) is 2.96. The topological polar surface area (TPSA) is 203 Å². The number of hydrogen-bond acceptors (Lipinski definition) is 11. The third-order valence-corrected chi connectivity index (χ3v) is 8.32. The lowest BCUT2D eigenvalue weighted by Gasteiger charge is -2.41. The molecule has 0 aromatic carbocycles. The van der Waals surface area contributed by atoms with Crippen LogP contribution in [0.1, 0.15) is 110 Å². The number of allylic oxidation sites excluding steroid dienone is 2. The summed E-state index contributed by atoms with van der Waals surface area (Å²) >= 11 is 0. The maximum Gasteiger partial charge on any atom is 0.472 e. The van der Waals surface area contributed by atoms with Crippen molar-refractivity contribution >= 4 is 13.8 Å². The highest BCUT2D eigenvalue weighted by atomic mass is 31.2. The standard InChI is InChI=1S/C29H55O12P/c1-2-3-4-5-6-7-8-9-10-11-12-13-14-15-16-17-18-19-23(31)39-20-22(30)21-40-42(37,38)41-29-27(35)25(33)24(32)26(34)28(29)36/h9-10,22,24-30,32-36H,2-8,11-21H2,1H3,(H,37,38)/b10-9-. The van der Waals surface area contributed by atoms with Crippen LogP contribution in [-0.4, -0.2) is 97.4 Å². The van der Waals surface area contributed by atoms with Crippen LogP contribution < -0.4 is 0 Å². The first-order valence-corrected chi connectivity index (χ1v) is 17.0. The van der Waals surface area contributed by atoms with Crippen molar-refractivity contribution in [1.29, 1.82) is 0 Å².